The molecule has 0 radical (unpaired) electrons. The molecule has 0 atom stereocenters. The lowest BCUT2D eigenvalue weighted by molar-refractivity contribution is -0.0168. The number of amides is 1. The normalized spacial score (nSPS) is 29.8. The summed E-state index contributed by atoms with van der Waals surface area (Å²) in [5.41, 5.74) is 3.50. The Kier molecular flexibility index (Phi) is 4.45. The number of hydrogen-bond acceptors (Lipinski definition) is 4. The van der Waals surface area contributed by atoms with Gasteiger partial charge in [0.25, 0.3) is 5.91 Å². The summed E-state index contributed by atoms with van der Waals surface area (Å²) < 4.78 is 11.3. The first-order valence-corrected chi connectivity index (χ1v) is 10.9. The zero-order chi connectivity index (χ0) is 20.2. The summed E-state index contributed by atoms with van der Waals surface area (Å²) in [5, 5.41) is 7.48. The van der Waals surface area contributed by atoms with E-state index >= 15 is 0 Å². The van der Waals surface area contributed by atoms with Gasteiger partial charge < -0.3 is 14.6 Å². The molecule has 0 aliphatic heterocycles. The molecule has 4 aliphatic carbocycles. The van der Waals surface area contributed by atoms with Crippen molar-refractivity contribution >= 4 is 5.91 Å². The van der Waals surface area contributed by atoms with Crippen LogP contribution in [0.3, 0.4) is 0 Å². The summed E-state index contributed by atoms with van der Waals surface area (Å²) in [6.45, 7) is 6.27. The van der Waals surface area contributed by atoms with Crippen LogP contribution >= 0.6 is 0 Å². The molecule has 1 heterocycles. The van der Waals surface area contributed by atoms with Gasteiger partial charge in [-0.15, -0.1) is 0 Å². The molecule has 4 saturated carbocycles. The topological polar surface area (TPSA) is 64.4 Å². The van der Waals surface area contributed by atoms with Crippen LogP contribution in [0.15, 0.2) is 22.7 Å². The molecule has 4 fully saturated rings. The Morgan fingerprint density at radius 3 is 2.38 bits per heavy atom. The number of ether oxygens (including phenoxy) is 1. The van der Waals surface area contributed by atoms with Crippen LogP contribution < -0.4 is 10.1 Å². The third-order valence-corrected chi connectivity index (χ3v) is 7.48. The highest BCUT2D eigenvalue weighted by molar-refractivity contribution is 5.94. The lowest BCUT2D eigenvalue weighted by Crippen LogP contribution is -2.60. The van der Waals surface area contributed by atoms with Crippen molar-refractivity contribution in [2.45, 2.75) is 71.4 Å². The molecule has 6 rings (SSSR count). The molecule has 4 bridgehead atoms. The summed E-state index contributed by atoms with van der Waals surface area (Å²) in [6, 6.07) is 6.03. The molecule has 1 aromatic carbocycles. The summed E-state index contributed by atoms with van der Waals surface area (Å²) in [7, 11) is 0. The molecule has 1 aromatic heterocycles. The van der Waals surface area contributed by atoms with Gasteiger partial charge in [0.05, 0.1) is 5.56 Å². The molecule has 1 N–H and O–H groups in total. The van der Waals surface area contributed by atoms with Crippen LogP contribution in [0.4, 0.5) is 0 Å². The van der Waals surface area contributed by atoms with E-state index in [4.69, 9.17) is 9.26 Å². The highest BCUT2D eigenvalue weighted by Crippen LogP contribution is 2.55. The number of aromatic nitrogens is 1. The molecular weight excluding hydrogens is 364 g/mol. The molecule has 0 saturated heterocycles. The summed E-state index contributed by atoms with van der Waals surface area (Å²) in [4.78, 5) is 13.2. The zero-order valence-electron chi connectivity index (χ0n) is 17.6. The SMILES string of the molecule is Cc1ccc(OCc2c(C(=O)NC34CC5CC(CC(C5)C3)C4)noc2C)cc1C. The molecule has 29 heavy (non-hydrogen) atoms. The van der Waals surface area contributed by atoms with E-state index in [2.05, 4.69) is 24.3 Å². The Bertz CT molecular complexity index is 910. The van der Waals surface area contributed by atoms with Gasteiger partial charge >= 0.3 is 0 Å². The van der Waals surface area contributed by atoms with E-state index in [0.717, 1.165) is 48.3 Å². The Morgan fingerprint density at radius 1 is 1.10 bits per heavy atom. The van der Waals surface area contributed by atoms with Gasteiger partial charge in [0.1, 0.15) is 18.1 Å². The van der Waals surface area contributed by atoms with Crippen molar-refractivity contribution in [3.8, 4) is 5.75 Å². The zero-order valence-corrected chi connectivity index (χ0v) is 17.6. The maximum absolute atomic E-state index is 13.2. The number of carbonyl (C=O) groups is 1. The van der Waals surface area contributed by atoms with Gasteiger partial charge in [0, 0.05) is 5.54 Å². The summed E-state index contributed by atoms with van der Waals surface area (Å²) >= 11 is 0. The predicted molar refractivity (Wildman–Crippen MR) is 110 cm³/mol. The second kappa shape index (κ2) is 6.89. The molecule has 0 spiro atoms. The second-order valence-electron chi connectivity index (χ2n) is 9.75. The number of rotatable bonds is 5. The van der Waals surface area contributed by atoms with Crippen LogP contribution in [0.5, 0.6) is 5.75 Å². The fraction of sp³-hybridized carbons (Fsp3) is 0.583. The van der Waals surface area contributed by atoms with E-state index in [1.165, 1.54) is 30.4 Å². The van der Waals surface area contributed by atoms with Gasteiger partial charge in [-0.2, -0.15) is 0 Å². The Labute approximate surface area is 172 Å². The van der Waals surface area contributed by atoms with E-state index in [-0.39, 0.29) is 18.1 Å². The summed E-state index contributed by atoms with van der Waals surface area (Å²) in [6.07, 6.45) is 7.43. The third kappa shape index (κ3) is 3.45. The van der Waals surface area contributed by atoms with Gasteiger partial charge in [-0.3, -0.25) is 4.79 Å². The van der Waals surface area contributed by atoms with E-state index < -0.39 is 0 Å². The molecule has 4 aliphatic rings. The number of benzene rings is 1. The molecule has 154 valence electrons. The molecule has 0 unspecified atom stereocenters. The van der Waals surface area contributed by atoms with Gasteiger partial charge in [0.15, 0.2) is 5.69 Å². The number of hydrogen-bond donors (Lipinski definition) is 1. The first kappa shape index (κ1) is 18.7. The average molecular weight is 395 g/mol. The summed E-state index contributed by atoms with van der Waals surface area (Å²) in [5.74, 6) is 3.68. The quantitative estimate of drug-likeness (QED) is 0.785. The first-order chi connectivity index (χ1) is 13.9. The second-order valence-corrected chi connectivity index (χ2v) is 9.75. The minimum atomic E-state index is -0.109. The molecule has 2 aromatic rings. The van der Waals surface area contributed by atoms with Crippen molar-refractivity contribution in [2.75, 3.05) is 0 Å². The van der Waals surface area contributed by atoms with Gasteiger partial charge in [-0.05, 0) is 100 Å². The highest BCUT2D eigenvalue weighted by atomic mass is 16.5. The van der Waals surface area contributed by atoms with Crippen LogP contribution in [0.1, 0.15) is 71.5 Å². The minimum Gasteiger partial charge on any atom is -0.489 e. The minimum absolute atomic E-state index is 0.0368. The van der Waals surface area contributed by atoms with Gasteiger partial charge in [0.2, 0.25) is 0 Å². The van der Waals surface area contributed by atoms with Crippen LogP contribution in [-0.2, 0) is 6.61 Å². The first-order valence-electron chi connectivity index (χ1n) is 10.9. The molecular formula is C24H30N2O3. The number of nitrogens with zero attached hydrogens (tertiary/aromatic N) is 1. The van der Waals surface area contributed by atoms with Crippen molar-refractivity contribution in [3.05, 3.63) is 46.3 Å². The molecule has 5 heteroatoms. The Morgan fingerprint density at radius 2 is 1.76 bits per heavy atom. The van der Waals surface area contributed by atoms with Crippen LogP contribution in [0.25, 0.3) is 0 Å². The van der Waals surface area contributed by atoms with Gasteiger partial charge in [-0.25, -0.2) is 0 Å². The van der Waals surface area contributed by atoms with Crippen LogP contribution in [0, 0.1) is 38.5 Å². The number of aryl methyl sites for hydroxylation is 3. The van der Waals surface area contributed by atoms with Crippen molar-refractivity contribution in [1.82, 2.24) is 10.5 Å². The Balaban J connectivity index is 1.31. The van der Waals surface area contributed by atoms with Gasteiger partial charge in [-0.1, -0.05) is 11.2 Å². The average Bonchev–Trinajstić information content (AvgIpc) is 3.02. The van der Waals surface area contributed by atoms with Crippen molar-refractivity contribution in [1.29, 1.82) is 0 Å². The lowest BCUT2D eigenvalue weighted by atomic mass is 9.53. The predicted octanol–water partition coefficient (Wildman–Crippen LogP) is 4.88. The standard InChI is InChI=1S/C24H30N2O3/c1-14-4-5-20(6-15(14)2)28-13-21-16(3)29-26-22(21)23(27)25-24-10-17-7-18(11-24)9-19(8-17)12-24/h4-6,17-19H,7-13H2,1-3H3,(H,25,27). The largest absolute Gasteiger partial charge is 0.489 e. The number of nitrogens with one attached hydrogen (secondary N) is 1. The molecule has 1 amide bonds. The maximum atomic E-state index is 13.2. The van der Waals surface area contributed by atoms with Crippen LogP contribution in [-0.4, -0.2) is 16.6 Å². The maximum Gasteiger partial charge on any atom is 0.274 e. The fourth-order valence-corrected chi connectivity index (χ4v) is 6.26. The fourth-order valence-electron chi connectivity index (χ4n) is 6.26. The smallest absolute Gasteiger partial charge is 0.274 e. The van der Waals surface area contributed by atoms with E-state index in [9.17, 15) is 4.79 Å². The van der Waals surface area contributed by atoms with E-state index in [1.54, 1.807) is 0 Å². The monoisotopic (exact) mass is 394 g/mol. The highest BCUT2D eigenvalue weighted by Gasteiger charge is 2.51. The Hall–Kier alpha value is -2.30. The van der Waals surface area contributed by atoms with Crippen molar-refractivity contribution in [2.24, 2.45) is 17.8 Å². The van der Waals surface area contributed by atoms with E-state index in [0.29, 0.717) is 11.5 Å². The number of carbonyl (C=O) groups excluding carboxylic acids is 1. The lowest BCUT2D eigenvalue weighted by Gasteiger charge is -2.56. The third-order valence-electron chi connectivity index (χ3n) is 7.48. The van der Waals surface area contributed by atoms with E-state index in [1.807, 2.05) is 25.1 Å². The van der Waals surface area contributed by atoms with Crippen molar-refractivity contribution < 1.29 is 14.1 Å². The molecule has 5 nitrogen and oxygen atoms in total. The van der Waals surface area contributed by atoms with Crippen LogP contribution in [0.2, 0.25) is 0 Å². The van der Waals surface area contributed by atoms with Crippen molar-refractivity contribution in [3.63, 3.8) is 0 Å².